The summed E-state index contributed by atoms with van der Waals surface area (Å²) >= 11 is 6.16. The van der Waals surface area contributed by atoms with Gasteiger partial charge in [0, 0.05) is 18.5 Å². The van der Waals surface area contributed by atoms with E-state index in [0.717, 1.165) is 11.6 Å². The van der Waals surface area contributed by atoms with Gasteiger partial charge < -0.3 is 0 Å². The van der Waals surface area contributed by atoms with E-state index in [1.807, 2.05) is 0 Å². The number of pyridine rings is 1. The van der Waals surface area contributed by atoms with Crippen molar-refractivity contribution in [2.24, 2.45) is 0 Å². The van der Waals surface area contributed by atoms with Gasteiger partial charge in [-0.05, 0) is 35.7 Å². The largest absolute Gasteiger partial charge is 0.265 e. The van der Waals surface area contributed by atoms with E-state index in [2.05, 4.69) is 4.98 Å². The molecule has 0 aliphatic rings. The molecule has 0 saturated heterocycles. The molecule has 1 heterocycles. The van der Waals surface area contributed by atoms with Crippen molar-refractivity contribution >= 4 is 11.6 Å². The molecule has 0 N–H and O–H groups in total. The SMILES string of the molecule is Fc1ccc(CC(Cl)c2ccncc2)c(F)c1. The molecule has 0 spiro atoms. The fraction of sp³-hybridized carbons (Fsp3) is 0.154. The normalized spacial score (nSPS) is 12.4. The number of rotatable bonds is 3. The van der Waals surface area contributed by atoms with Gasteiger partial charge in [-0.3, -0.25) is 4.98 Å². The van der Waals surface area contributed by atoms with Crippen molar-refractivity contribution in [3.8, 4) is 0 Å². The molecule has 2 rings (SSSR count). The first-order chi connectivity index (χ1) is 8.16. The maximum atomic E-state index is 13.4. The van der Waals surface area contributed by atoms with E-state index >= 15 is 0 Å². The van der Waals surface area contributed by atoms with E-state index in [1.165, 1.54) is 12.1 Å². The van der Waals surface area contributed by atoms with Crippen molar-refractivity contribution in [2.45, 2.75) is 11.8 Å². The van der Waals surface area contributed by atoms with Crippen molar-refractivity contribution in [3.05, 3.63) is 65.5 Å². The number of hydrogen-bond donors (Lipinski definition) is 0. The molecule has 1 nitrogen and oxygen atoms in total. The van der Waals surface area contributed by atoms with Crippen LogP contribution in [0.15, 0.2) is 42.7 Å². The Kier molecular flexibility index (Phi) is 3.69. The summed E-state index contributed by atoms with van der Waals surface area (Å²) in [5.74, 6) is -1.15. The second kappa shape index (κ2) is 5.23. The predicted octanol–water partition coefficient (Wildman–Crippen LogP) is 3.88. The first kappa shape index (κ1) is 12.0. The maximum absolute atomic E-state index is 13.4. The molecule has 17 heavy (non-hydrogen) atoms. The molecule has 0 aliphatic carbocycles. The summed E-state index contributed by atoms with van der Waals surface area (Å²) in [5.41, 5.74) is 1.27. The Hall–Kier alpha value is -1.48. The van der Waals surface area contributed by atoms with E-state index in [-0.39, 0.29) is 5.38 Å². The Bertz CT molecular complexity index is 502. The number of benzene rings is 1. The van der Waals surface area contributed by atoms with Gasteiger partial charge in [-0.15, -0.1) is 11.6 Å². The molecule has 1 unspecified atom stereocenters. The molecule has 0 bridgehead atoms. The molecule has 4 heteroatoms. The molecule has 1 aromatic heterocycles. The first-order valence-electron chi connectivity index (χ1n) is 5.15. The van der Waals surface area contributed by atoms with Gasteiger partial charge in [0.15, 0.2) is 0 Å². The minimum atomic E-state index is -0.582. The third-order valence-corrected chi connectivity index (χ3v) is 2.89. The zero-order valence-electron chi connectivity index (χ0n) is 8.91. The lowest BCUT2D eigenvalue weighted by atomic mass is 10.0. The summed E-state index contributed by atoms with van der Waals surface area (Å²) in [6.45, 7) is 0. The highest BCUT2D eigenvalue weighted by Gasteiger charge is 2.12. The van der Waals surface area contributed by atoms with Crippen molar-refractivity contribution in [2.75, 3.05) is 0 Å². The lowest BCUT2D eigenvalue weighted by molar-refractivity contribution is 0.570. The van der Waals surface area contributed by atoms with Crippen molar-refractivity contribution in [1.82, 2.24) is 4.98 Å². The van der Waals surface area contributed by atoms with Crippen molar-refractivity contribution in [3.63, 3.8) is 0 Å². The fourth-order valence-corrected chi connectivity index (χ4v) is 1.88. The average Bonchev–Trinajstić information content (AvgIpc) is 2.34. The Morgan fingerprint density at radius 1 is 1.12 bits per heavy atom. The molecule has 2 aromatic rings. The number of nitrogens with zero attached hydrogens (tertiary/aromatic N) is 1. The molecule has 0 radical (unpaired) electrons. The van der Waals surface area contributed by atoms with E-state index < -0.39 is 11.6 Å². The van der Waals surface area contributed by atoms with Gasteiger partial charge in [-0.25, -0.2) is 8.78 Å². The molecule has 0 amide bonds. The Morgan fingerprint density at radius 3 is 2.47 bits per heavy atom. The molecule has 1 atom stereocenters. The van der Waals surface area contributed by atoms with Crippen LogP contribution in [-0.4, -0.2) is 4.98 Å². The quantitative estimate of drug-likeness (QED) is 0.757. The zero-order valence-corrected chi connectivity index (χ0v) is 9.66. The highest BCUT2D eigenvalue weighted by molar-refractivity contribution is 6.20. The van der Waals surface area contributed by atoms with Crippen LogP contribution in [-0.2, 0) is 6.42 Å². The average molecular weight is 254 g/mol. The van der Waals surface area contributed by atoms with Crippen LogP contribution >= 0.6 is 11.6 Å². The first-order valence-corrected chi connectivity index (χ1v) is 5.58. The minimum Gasteiger partial charge on any atom is -0.265 e. The minimum absolute atomic E-state index is 0.317. The van der Waals surface area contributed by atoms with Gasteiger partial charge in [0.1, 0.15) is 11.6 Å². The molecule has 0 saturated carbocycles. The summed E-state index contributed by atoms with van der Waals surface area (Å²) in [7, 11) is 0. The lowest BCUT2D eigenvalue weighted by Gasteiger charge is -2.10. The van der Waals surface area contributed by atoms with Gasteiger partial charge >= 0.3 is 0 Å². The number of alkyl halides is 1. The van der Waals surface area contributed by atoms with Gasteiger partial charge in [-0.1, -0.05) is 6.07 Å². The topological polar surface area (TPSA) is 12.9 Å². The molecule has 88 valence electrons. The van der Waals surface area contributed by atoms with Crippen molar-refractivity contribution in [1.29, 1.82) is 0 Å². The van der Waals surface area contributed by atoms with Crippen LogP contribution in [0.4, 0.5) is 8.78 Å². The molecular weight excluding hydrogens is 244 g/mol. The third-order valence-electron chi connectivity index (χ3n) is 2.48. The van der Waals surface area contributed by atoms with Crippen LogP contribution in [0.3, 0.4) is 0 Å². The van der Waals surface area contributed by atoms with Crippen LogP contribution < -0.4 is 0 Å². The second-order valence-electron chi connectivity index (χ2n) is 3.69. The summed E-state index contributed by atoms with van der Waals surface area (Å²) < 4.78 is 26.1. The maximum Gasteiger partial charge on any atom is 0.129 e. The molecule has 0 aliphatic heterocycles. The summed E-state index contributed by atoms with van der Waals surface area (Å²) in [6, 6.07) is 7.07. The van der Waals surface area contributed by atoms with E-state index in [0.29, 0.717) is 12.0 Å². The summed E-state index contributed by atoms with van der Waals surface area (Å²) in [5, 5.41) is -0.349. The van der Waals surface area contributed by atoms with E-state index in [9.17, 15) is 8.78 Å². The zero-order chi connectivity index (χ0) is 12.3. The Morgan fingerprint density at radius 2 is 1.82 bits per heavy atom. The molecule has 1 aromatic carbocycles. The Labute approximate surface area is 103 Å². The molecular formula is C13H10ClF2N. The summed E-state index contributed by atoms with van der Waals surface area (Å²) in [4.78, 5) is 3.88. The van der Waals surface area contributed by atoms with E-state index in [1.54, 1.807) is 24.5 Å². The van der Waals surface area contributed by atoms with Crippen molar-refractivity contribution < 1.29 is 8.78 Å². The molecule has 0 fully saturated rings. The van der Waals surface area contributed by atoms with Gasteiger partial charge in [0.2, 0.25) is 0 Å². The monoisotopic (exact) mass is 253 g/mol. The van der Waals surface area contributed by atoms with E-state index in [4.69, 9.17) is 11.6 Å². The number of halogens is 3. The van der Waals surface area contributed by atoms with Crippen LogP contribution in [0, 0.1) is 11.6 Å². The second-order valence-corrected chi connectivity index (χ2v) is 4.21. The van der Waals surface area contributed by atoms with Gasteiger partial charge in [-0.2, -0.15) is 0 Å². The van der Waals surface area contributed by atoms with Crippen LogP contribution in [0.1, 0.15) is 16.5 Å². The van der Waals surface area contributed by atoms with Crippen LogP contribution in [0.5, 0.6) is 0 Å². The number of aromatic nitrogens is 1. The lowest BCUT2D eigenvalue weighted by Crippen LogP contribution is -1.99. The fourth-order valence-electron chi connectivity index (χ4n) is 1.57. The highest BCUT2D eigenvalue weighted by atomic mass is 35.5. The third kappa shape index (κ3) is 3.01. The number of hydrogen-bond acceptors (Lipinski definition) is 1. The predicted molar refractivity (Wildman–Crippen MR) is 62.9 cm³/mol. The Balaban J connectivity index is 2.16. The summed E-state index contributed by atoms with van der Waals surface area (Å²) in [6.07, 6.45) is 3.58. The highest BCUT2D eigenvalue weighted by Crippen LogP contribution is 2.25. The van der Waals surface area contributed by atoms with Gasteiger partial charge in [0.05, 0.1) is 5.38 Å². The smallest absolute Gasteiger partial charge is 0.129 e. The standard InChI is InChI=1S/C13H10ClF2N/c14-12(9-3-5-17-6-4-9)7-10-1-2-11(15)8-13(10)16/h1-6,8,12H,7H2. The van der Waals surface area contributed by atoms with Crippen LogP contribution in [0.2, 0.25) is 0 Å². The van der Waals surface area contributed by atoms with Gasteiger partial charge in [0.25, 0.3) is 0 Å². The van der Waals surface area contributed by atoms with Crippen LogP contribution in [0.25, 0.3) is 0 Å².